The van der Waals surface area contributed by atoms with Crippen LogP contribution >= 0.6 is 22.9 Å². The number of thiophene rings is 1. The normalized spacial score (nSPS) is 10.4. The molecule has 0 aliphatic rings. The molecule has 2 aromatic rings. The molecule has 0 aliphatic carbocycles. The van der Waals surface area contributed by atoms with E-state index in [9.17, 15) is 9.59 Å². The number of halogens is 1. The van der Waals surface area contributed by atoms with Crippen LogP contribution in [0.15, 0.2) is 36.4 Å². The standard InChI is InChI=1S/C16H16ClNO2S/c1-2-11-4-3-5-12(10-11)18-16(20)9-6-13(19)14-7-8-15(17)21-14/h3-5,7-8,10H,2,6,9H2,1H3,(H,18,20). The number of ketones is 1. The van der Waals surface area contributed by atoms with Gasteiger partial charge in [0.05, 0.1) is 9.21 Å². The highest BCUT2D eigenvalue weighted by Crippen LogP contribution is 2.23. The van der Waals surface area contributed by atoms with Crippen LogP contribution in [0, 0.1) is 0 Å². The lowest BCUT2D eigenvalue weighted by molar-refractivity contribution is -0.116. The summed E-state index contributed by atoms with van der Waals surface area (Å²) in [7, 11) is 0. The highest BCUT2D eigenvalue weighted by molar-refractivity contribution is 7.18. The number of amides is 1. The van der Waals surface area contributed by atoms with Crippen molar-refractivity contribution in [2.24, 2.45) is 0 Å². The lowest BCUT2D eigenvalue weighted by atomic mass is 10.1. The summed E-state index contributed by atoms with van der Waals surface area (Å²) in [6.45, 7) is 2.06. The minimum Gasteiger partial charge on any atom is -0.326 e. The molecule has 110 valence electrons. The van der Waals surface area contributed by atoms with Gasteiger partial charge in [0.15, 0.2) is 5.78 Å². The molecule has 1 aromatic heterocycles. The Morgan fingerprint density at radius 3 is 2.67 bits per heavy atom. The van der Waals surface area contributed by atoms with Gasteiger partial charge in [0.25, 0.3) is 0 Å². The monoisotopic (exact) mass is 321 g/mol. The summed E-state index contributed by atoms with van der Waals surface area (Å²) < 4.78 is 0.583. The van der Waals surface area contributed by atoms with Crippen molar-refractivity contribution in [1.82, 2.24) is 0 Å². The third-order valence-electron chi connectivity index (χ3n) is 3.05. The van der Waals surface area contributed by atoms with E-state index in [0.29, 0.717) is 9.21 Å². The molecule has 0 bridgehead atoms. The maximum Gasteiger partial charge on any atom is 0.224 e. The molecule has 0 unspecified atom stereocenters. The number of hydrogen-bond acceptors (Lipinski definition) is 3. The van der Waals surface area contributed by atoms with E-state index in [1.807, 2.05) is 24.3 Å². The molecule has 1 amide bonds. The summed E-state index contributed by atoms with van der Waals surface area (Å²) in [6.07, 6.45) is 1.28. The smallest absolute Gasteiger partial charge is 0.224 e. The molecule has 1 aromatic carbocycles. The number of benzene rings is 1. The summed E-state index contributed by atoms with van der Waals surface area (Å²) in [6, 6.07) is 11.1. The molecule has 5 heteroatoms. The minimum absolute atomic E-state index is 0.0515. The van der Waals surface area contributed by atoms with Crippen LogP contribution in [0.25, 0.3) is 0 Å². The third-order valence-corrected chi connectivity index (χ3v) is 4.32. The fourth-order valence-corrected chi connectivity index (χ4v) is 2.92. The Labute approximate surface area is 132 Å². The molecule has 0 fully saturated rings. The number of carbonyl (C=O) groups is 2. The van der Waals surface area contributed by atoms with Crippen LogP contribution in [0.5, 0.6) is 0 Å². The average molecular weight is 322 g/mol. The molecular formula is C16H16ClNO2S. The lowest BCUT2D eigenvalue weighted by Crippen LogP contribution is -2.13. The molecule has 1 N–H and O–H groups in total. The Hall–Kier alpha value is -1.65. The number of rotatable bonds is 6. The van der Waals surface area contributed by atoms with Gasteiger partial charge in [-0.25, -0.2) is 0 Å². The van der Waals surface area contributed by atoms with Crippen molar-refractivity contribution in [3.63, 3.8) is 0 Å². The zero-order valence-electron chi connectivity index (χ0n) is 11.7. The fourth-order valence-electron chi connectivity index (χ4n) is 1.91. The zero-order chi connectivity index (χ0) is 15.2. The van der Waals surface area contributed by atoms with Crippen molar-refractivity contribution < 1.29 is 9.59 Å². The van der Waals surface area contributed by atoms with Crippen molar-refractivity contribution in [3.05, 3.63) is 51.2 Å². The van der Waals surface area contributed by atoms with Crippen LogP contribution in [-0.2, 0) is 11.2 Å². The van der Waals surface area contributed by atoms with Crippen molar-refractivity contribution in [1.29, 1.82) is 0 Å². The lowest BCUT2D eigenvalue weighted by Gasteiger charge is -2.06. The highest BCUT2D eigenvalue weighted by atomic mass is 35.5. The summed E-state index contributed by atoms with van der Waals surface area (Å²) in [5.74, 6) is -0.205. The van der Waals surface area contributed by atoms with E-state index in [0.717, 1.165) is 17.7 Å². The first-order valence-corrected chi connectivity index (χ1v) is 7.95. The van der Waals surface area contributed by atoms with E-state index >= 15 is 0 Å². The van der Waals surface area contributed by atoms with E-state index in [1.54, 1.807) is 12.1 Å². The first-order valence-electron chi connectivity index (χ1n) is 6.76. The predicted molar refractivity (Wildman–Crippen MR) is 87.3 cm³/mol. The van der Waals surface area contributed by atoms with E-state index in [2.05, 4.69) is 12.2 Å². The molecule has 0 saturated carbocycles. The van der Waals surface area contributed by atoms with Crippen LogP contribution in [0.4, 0.5) is 5.69 Å². The van der Waals surface area contributed by atoms with Gasteiger partial charge in [0.2, 0.25) is 5.91 Å². The third kappa shape index (κ3) is 4.69. The Bertz CT molecular complexity index is 651. The zero-order valence-corrected chi connectivity index (χ0v) is 13.3. The van der Waals surface area contributed by atoms with Gasteiger partial charge in [-0.15, -0.1) is 11.3 Å². The van der Waals surface area contributed by atoms with E-state index in [4.69, 9.17) is 11.6 Å². The van der Waals surface area contributed by atoms with Crippen LogP contribution in [0.1, 0.15) is 35.0 Å². The molecule has 0 atom stereocenters. The Balaban J connectivity index is 1.85. The quantitative estimate of drug-likeness (QED) is 0.792. The van der Waals surface area contributed by atoms with Crippen molar-refractivity contribution >= 4 is 40.3 Å². The predicted octanol–water partition coefficient (Wildman–Crippen LogP) is 4.57. The SMILES string of the molecule is CCc1cccc(NC(=O)CCC(=O)c2ccc(Cl)s2)c1. The highest BCUT2D eigenvalue weighted by Gasteiger charge is 2.11. The van der Waals surface area contributed by atoms with Gasteiger partial charge in [-0.2, -0.15) is 0 Å². The van der Waals surface area contributed by atoms with Gasteiger partial charge in [0.1, 0.15) is 0 Å². The Morgan fingerprint density at radius 2 is 2.00 bits per heavy atom. The second-order valence-corrected chi connectivity index (χ2v) is 6.34. The molecule has 21 heavy (non-hydrogen) atoms. The number of anilines is 1. The molecule has 0 spiro atoms. The molecule has 1 heterocycles. The van der Waals surface area contributed by atoms with Crippen LogP contribution in [-0.4, -0.2) is 11.7 Å². The Morgan fingerprint density at radius 1 is 1.19 bits per heavy atom. The molecule has 0 radical (unpaired) electrons. The molecular weight excluding hydrogens is 306 g/mol. The molecule has 0 saturated heterocycles. The fraction of sp³-hybridized carbons (Fsp3) is 0.250. The number of aryl methyl sites for hydroxylation is 1. The number of carbonyl (C=O) groups excluding carboxylic acids is 2. The largest absolute Gasteiger partial charge is 0.326 e. The maximum absolute atomic E-state index is 11.9. The first-order chi connectivity index (χ1) is 10.1. The average Bonchev–Trinajstić information content (AvgIpc) is 2.91. The van der Waals surface area contributed by atoms with E-state index < -0.39 is 0 Å². The first kappa shape index (κ1) is 15.7. The topological polar surface area (TPSA) is 46.2 Å². The van der Waals surface area contributed by atoms with Crippen molar-refractivity contribution in [2.75, 3.05) is 5.32 Å². The van der Waals surface area contributed by atoms with Gasteiger partial charge in [-0.05, 0) is 36.2 Å². The summed E-state index contributed by atoms with van der Waals surface area (Å²) >= 11 is 7.03. The minimum atomic E-state index is -0.153. The summed E-state index contributed by atoms with van der Waals surface area (Å²) in [4.78, 5) is 24.4. The van der Waals surface area contributed by atoms with E-state index in [-0.39, 0.29) is 24.5 Å². The van der Waals surface area contributed by atoms with Crippen molar-refractivity contribution in [2.45, 2.75) is 26.2 Å². The van der Waals surface area contributed by atoms with Gasteiger partial charge in [0, 0.05) is 18.5 Å². The molecule has 0 aliphatic heterocycles. The van der Waals surface area contributed by atoms with Crippen molar-refractivity contribution in [3.8, 4) is 0 Å². The summed E-state index contributed by atoms with van der Waals surface area (Å²) in [5, 5.41) is 2.81. The van der Waals surface area contributed by atoms with Gasteiger partial charge in [-0.3, -0.25) is 9.59 Å². The van der Waals surface area contributed by atoms with Crippen LogP contribution in [0.3, 0.4) is 0 Å². The molecule has 3 nitrogen and oxygen atoms in total. The van der Waals surface area contributed by atoms with Gasteiger partial charge in [-0.1, -0.05) is 30.7 Å². The maximum atomic E-state index is 11.9. The molecule has 2 rings (SSSR count). The number of Topliss-reactive ketones (excluding diaryl/α,β-unsaturated/α-hetero) is 1. The van der Waals surface area contributed by atoms with Crippen LogP contribution < -0.4 is 5.32 Å². The van der Waals surface area contributed by atoms with Gasteiger partial charge >= 0.3 is 0 Å². The number of hydrogen-bond donors (Lipinski definition) is 1. The number of nitrogens with one attached hydrogen (secondary N) is 1. The van der Waals surface area contributed by atoms with E-state index in [1.165, 1.54) is 11.3 Å². The summed E-state index contributed by atoms with van der Waals surface area (Å²) in [5.41, 5.74) is 1.93. The Kier molecular flexibility index (Phi) is 5.53. The van der Waals surface area contributed by atoms with Crippen LogP contribution in [0.2, 0.25) is 4.34 Å². The second-order valence-electron chi connectivity index (χ2n) is 4.63. The van der Waals surface area contributed by atoms with Gasteiger partial charge < -0.3 is 5.32 Å². The second kappa shape index (κ2) is 7.38.